The zero-order valence-electron chi connectivity index (χ0n) is 14.6. The lowest BCUT2D eigenvalue weighted by Crippen LogP contribution is -2.41. The summed E-state index contributed by atoms with van der Waals surface area (Å²) in [5.41, 5.74) is 6.47. The molecule has 1 aromatic heterocycles. The summed E-state index contributed by atoms with van der Waals surface area (Å²) in [5, 5.41) is 3.89. The molecule has 26 heavy (non-hydrogen) atoms. The smallest absolute Gasteiger partial charge is 0.227 e. The first-order valence-corrected chi connectivity index (χ1v) is 8.60. The van der Waals surface area contributed by atoms with Gasteiger partial charge in [0.15, 0.2) is 0 Å². The summed E-state index contributed by atoms with van der Waals surface area (Å²) in [6.07, 6.45) is 1.80. The van der Waals surface area contributed by atoms with Gasteiger partial charge in [0.05, 0.1) is 0 Å². The SMILES string of the molecule is Cc1cc(-c2noc(CCC(=O)N3CCC(C(N)=O)CC3)n2)ccc1F. The van der Waals surface area contributed by atoms with Crippen LogP contribution in [0.4, 0.5) is 4.39 Å². The quantitative estimate of drug-likeness (QED) is 0.876. The number of likely N-dealkylation sites (tertiary alicyclic amines) is 1. The standard InChI is InChI=1S/C18H21FN4O3/c1-11-10-13(2-3-14(11)19)18-21-15(26-22-18)4-5-16(24)23-8-6-12(7-9-23)17(20)25/h2-3,10,12H,4-9H2,1H3,(H2,20,25). The van der Waals surface area contributed by atoms with E-state index in [9.17, 15) is 14.0 Å². The fourth-order valence-corrected chi connectivity index (χ4v) is 3.04. The average Bonchev–Trinajstić information content (AvgIpc) is 3.11. The van der Waals surface area contributed by atoms with Gasteiger partial charge >= 0.3 is 0 Å². The lowest BCUT2D eigenvalue weighted by molar-refractivity contribution is -0.134. The minimum atomic E-state index is -0.300. The third-order valence-corrected chi connectivity index (χ3v) is 4.69. The maximum atomic E-state index is 13.3. The second kappa shape index (κ2) is 7.63. The summed E-state index contributed by atoms with van der Waals surface area (Å²) in [5.74, 6) is -0.00290. The number of halogens is 1. The van der Waals surface area contributed by atoms with Crippen molar-refractivity contribution in [2.75, 3.05) is 13.1 Å². The Bertz CT molecular complexity index is 813. The Labute approximate surface area is 150 Å². The molecule has 0 spiro atoms. The number of benzene rings is 1. The number of piperidine rings is 1. The number of aryl methyl sites for hydroxylation is 2. The second-order valence-electron chi connectivity index (χ2n) is 6.53. The van der Waals surface area contributed by atoms with E-state index >= 15 is 0 Å². The number of amides is 2. The predicted octanol–water partition coefficient (Wildman–Crippen LogP) is 1.84. The van der Waals surface area contributed by atoms with Gasteiger partial charge in [0, 0.05) is 37.4 Å². The largest absolute Gasteiger partial charge is 0.369 e. The van der Waals surface area contributed by atoms with E-state index in [2.05, 4.69) is 10.1 Å². The van der Waals surface area contributed by atoms with Crippen LogP contribution in [0.5, 0.6) is 0 Å². The van der Waals surface area contributed by atoms with E-state index in [1.54, 1.807) is 24.0 Å². The number of primary amides is 1. The number of aromatic nitrogens is 2. The van der Waals surface area contributed by atoms with Crippen molar-refractivity contribution in [3.8, 4) is 11.4 Å². The Kier molecular flexibility index (Phi) is 5.29. The lowest BCUT2D eigenvalue weighted by atomic mass is 9.96. The van der Waals surface area contributed by atoms with Crippen molar-refractivity contribution in [3.05, 3.63) is 35.5 Å². The molecule has 1 fully saturated rings. The predicted molar refractivity (Wildman–Crippen MR) is 91.2 cm³/mol. The monoisotopic (exact) mass is 360 g/mol. The van der Waals surface area contributed by atoms with Crippen LogP contribution in [0, 0.1) is 18.7 Å². The van der Waals surface area contributed by atoms with Gasteiger partial charge in [-0.25, -0.2) is 4.39 Å². The molecule has 3 rings (SSSR count). The molecule has 1 saturated heterocycles. The molecule has 0 aliphatic carbocycles. The van der Waals surface area contributed by atoms with E-state index in [1.807, 2.05) is 0 Å². The molecule has 0 saturated carbocycles. The minimum Gasteiger partial charge on any atom is -0.369 e. The van der Waals surface area contributed by atoms with Gasteiger partial charge in [-0.3, -0.25) is 9.59 Å². The van der Waals surface area contributed by atoms with Gasteiger partial charge in [-0.15, -0.1) is 0 Å². The summed E-state index contributed by atoms with van der Waals surface area (Å²) < 4.78 is 18.5. The zero-order valence-corrected chi connectivity index (χ0v) is 14.6. The number of rotatable bonds is 5. The summed E-state index contributed by atoms with van der Waals surface area (Å²) in [4.78, 5) is 29.5. The molecular formula is C18H21FN4O3. The van der Waals surface area contributed by atoms with Gasteiger partial charge in [0.2, 0.25) is 23.5 Å². The fraction of sp³-hybridized carbons (Fsp3) is 0.444. The van der Waals surface area contributed by atoms with Crippen LogP contribution >= 0.6 is 0 Å². The van der Waals surface area contributed by atoms with Crippen LogP contribution in [0.25, 0.3) is 11.4 Å². The van der Waals surface area contributed by atoms with Crippen molar-refractivity contribution in [1.82, 2.24) is 15.0 Å². The Morgan fingerprint density at radius 3 is 2.73 bits per heavy atom. The van der Waals surface area contributed by atoms with E-state index in [4.69, 9.17) is 10.3 Å². The normalized spacial score (nSPS) is 15.2. The highest BCUT2D eigenvalue weighted by atomic mass is 19.1. The summed E-state index contributed by atoms with van der Waals surface area (Å²) in [6.45, 7) is 2.74. The second-order valence-corrected chi connectivity index (χ2v) is 6.53. The van der Waals surface area contributed by atoms with E-state index in [0.29, 0.717) is 55.2 Å². The number of hydrogen-bond donors (Lipinski definition) is 1. The first kappa shape index (κ1) is 18.0. The Morgan fingerprint density at radius 2 is 2.08 bits per heavy atom. The first-order valence-electron chi connectivity index (χ1n) is 8.60. The molecule has 7 nitrogen and oxygen atoms in total. The lowest BCUT2D eigenvalue weighted by Gasteiger charge is -2.30. The van der Waals surface area contributed by atoms with Crippen molar-refractivity contribution in [2.24, 2.45) is 11.7 Å². The zero-order chi connectivity index (χ0) is 18.7. The van der Waals surface area contributed by atoms with Gasteiger partial charge < -0.3 is 15.2 Å². The van der Waals surface area contributed by atoms with E-state index in [0.717, 1.165) is 0 Å². The third-order valence-electron chi connectivity index (χ3n) is 4.69. The Morgan fingerprint density at radius 1 is 1.35 bits per heavy atom. The highest BCUT2D eigenvalue weighted by Gasteiger charge is 2.25. The summed E-state index contributed by atoms with van der Waals surface area (Å²) >= 11 is 0. The molecule has 0 unspecified atom stereocenters. The molecule has 2 aromatic rings. The molecular weight excluding hydrogens is 339 g/mol. The van der Waals surface area contributed by atoms with Gasteiger partial charge in [0.25, 0.3) is 0 Å². The van der Waals surface area contributed by atoms with Crippen molar-refractivity contribution >= 4 is 11.8 Å². The Balaban J connectivity index is 1.54. The molecule has 1 aliphatic heterocycles. The molecule has 8 heteroatoms. The van der Waals surface area contributed by atoms with Crippen molar-refractivity contribution < 1.29 is 18.5 Å². The van der Waals surface area contributed by atoms with Crippen molar-refractivity contribution in [1.29, 1.82) is 0 Å². The van der Waals surface area contributed by atoms with Crippen LogP contribution in [-0.2, 0) is 16.0 Å². The summed E-state index contributed by atoms with van der Waals surface area (Å²) in [7, 11) is 0. The van der Waals surface area contributed by atoms with Crippen LogP contribution < -0.4 is 5.73 Å². The molecule has 0 atom stereocenters. The summed E-state index contributed by atoms with van der Waals surface area (Å²) in [6, 6.07) is 4.60. The van der Waals surface area contributed by atoms with Crippen LogP contribution in [0.1, 0.15) is 30.7 Å². The van der Waals surface area contributed by atoms with Gasteiger partial charge in [-0.05, 0) is 43.5 Å². The molecule has 2 heterocycles. The highest BCUT2D eigenvalue weighted by Crippen LogP contribution is 2.20. The molecule has 2 amide bonds. The molecule has 0 radical (unpaired) electrons. The number of hydrogen-bond acceptors (Lipinski definition) is 5. The van der Waals surface area contributed by atoms with Crippen LogP contribution in [0.3, 0.4) is 0 Å². The Hall–Kier alpha value is -2.77. The topological polar surface area (TPSA) is 102 Å². The maximum absolute atomic E-state index is 13.3. The number of carbonyl (C=O) groups excluding carboxylic acids is 2. The molecule has 0 bridgehead atoms. The maximum Gasteiger partial charge on any atom is 0.227 e. The third kappa shape index (κ3) is 4.07. The van der Waals surface area contributed by atoms with Gasteiger partial charge in [0.1, 0.15) is 5.82 Å². The fourth-order valence-electron chi connectivity index (χ4n) is 3.04. The van der Waals surface area contributed by atoms with E-state index in [1.165, 1.54) is 6.07 Å². The van der Waals surface area contributed by atoms with Gasteiger partial charge in [-0.1, -0.05) is 5.16 Å². The first-order chi connectivity index (χ1) is 12.4. The van der Waals surface area contributed by atoms with Gasteiger partial charge in [-0.2, -0.15) is 4.98 Å². The highest BCUT2D eigenvalue weighted by molar-refractivity contribution is 5.79. The molecule has 138 valence electrons. The van der Waals surface area contributed by atoms with Crippen LogP contribution in [0.2, 0.25) is 0 Å². The van der Waals surface area contributed by atoms with Crippen molar-refractivity contribution in [2.45, 2.75) is 32.6 Å². The average molecular weight is 360 g/mol. The van der Waals surface area contributed by atoms with E-state index < -0.39 is 0 Å². The molecule has 1 aliphatic rings. The number of nitrogens with zero attached hydrogens (tertiary/aromatic N) is 3. The van der Waals surface area contributed by atoms with Crippen LogP contribution in [0.15, 0.2) is 22.7 Å². The minimum absolute atomic E-state index is 0.00898. The van der Waals surface area contributed by atoms with E-state index in [-0.39, 0.29) is 30.0 Å². The van der Waals surface area contributed by atoms with Crippen LogP contribution in [-0.4, -0.2) is 39.9 Å². The molecule has 2 N–H and O–H groups in total. The molecule has 1 aromatic carbocycles. The number of nitrogens with two attached hydrogens (primary N) is 1. The number of carbonyl (C=O) groups is 2. The van der Waals surface area contributed by atoms with Crippen molar-refractivity contribution in [3.63, 3.8) is 0 Å².